The Bertz CT molecular complexity index is 923. The van der Waals surface area contributed by atoms with E-state index in [1.54, 1.807) is 0 Å². The highest BCUT2D eigenvalue weighted by molar-refractivity contribution is 5.76. The number of ether oxygens (including phenoxy) is 1. The number of methoxy groups -OCH3 is 1. The average molecular weight is 487 g/mol. The molecule has 0 aromatic rings. The van der Waals surface area contributed by atoms with Gasteiger partial charge in [-0.25, -0.2) is 0 Å². The van der Waals surface area contributed by atoms with Gasteiger partial charge in [0.05, 0.1) is 17.6 Å². The molecule has 4 nitrogen and oxygen atoms in total. The number of hydrogen-bond donors (Lipinski definition) is 2. The minimum absolute atomic E-state index is 0.00375. The molecule has 5 aliphatic rings. The number of aliphatic carboxylic acids is 1. The predicted molar refractivity (Wildman–Crippen MR) is 139 cm³/mol. The first-order valence-corrected chi connectivity index (χ1v) is 14.4. The van der Waals surface area contributed by atoms with Crippen LogP contribution in [0.1, 0.15) is 99.8 Å². The minimum atomic E-state index is -0.628. The third kappa shape index (κ3) is 3.02. The third-order valence-electron chi connectivity index (χ3n) is 13.6. The highest BCUT2D eigenvalue weighted by Gasteiger charge is 2.71. The van der Waals surface area contributed by atoms with E-state index in [4.69, 9.17) is 4.74 Å². The second-order valence-electron chi connectivity index (χ2n) is 14.8. The zero-order valence-electron chi connectivity index (χ0n) is 23.5. The van der Waals surface area contributed by atoms with E-state index in [2.05, 4.69) is 54.5 Å². The Labute approximate surface area is 213 Å². The number of carboxylic acids is 1. The van der Waals surface area contributed by atoms with Gasteiger partial charge in [-0.3, -0.25) is 4.79 Å². The van der Waals surface area contributed by atoms with E-state index < -0.39 is 11.4 Å². The second-order valence-corrected chi connectivity index (χ2v) is 14.8. The van der Waals surface area contributed by atoms with Crippen molar-refractivity contribution in [3.05, 3.63) is 11.6 Å². The lowest BCUT2D eigenvalue weighted by Crippen LogP contribution is -2.68. The molecular weight excluding hydrogens is 436 g/mol. The summed E-state index contributed by atoms with van der Waals surface area (Å²) in [5, 5.41) is 21.6. The van der Waals surface area contributed by atoms with Crippen LogP contribution in [0.25, 0.3) is 0 Å². The Balaban J connectivity index is 1.68. The predicted octanol–water partition coefficient (Wildman–Crippen LogP) is 6.71. The minimum Gasteiger partial charge on any atom is -0.481 e. The van der Waals surface area contributed by atoms with Crippen LogP contribution in [0.15, 0.2) is 11.6 Å². The van der Waals surface area contributed by atoms with E-state index in [0.717, 1.165) is 51.4 Å². The van der Waals surface area contributed by atoms with Crippen molar-refractivity contribution in [2.45, 2.75) is 112 Å². The lowest BCUT2D eigenvalue weighted by molar-refractivity contribution is -0.230. The molecule has 0 aromatic heterocycles. The lowest BCUT2D eigenvalue weighted by Gasteiger charge is -2.72. The molecular formula is C31H50O4. The van der Waals surface area contributed by atoms with Crippen molar-refractivity contribution >= 4 is 5.97 Å². The molecule has 4 fully saturated rings. The maximum atomic E-state index is 12.9. The molecule has 0 spiro atoms. The standard InChI is InChI=1S/C31H50O4/c1-18-9-14-31(26(33)34)16-15-29(6)20(24(31)19(18)2)17-21(35-8)25-28(5)12-11-23(32)27(3,4)22(28)10-13-30(25,29)7/h17-19,21-25,32H,9-16H2,1-8H3,(H,33,34). The van der Waals surface area contributed by atoms with E-state index in [-0.39, 0.29) is 39.8 Å². The van der Waals surface area contributed by atoms with Crippen molar-refractivity contribution in [1.82, 2.24) is 0 Å². The normalized spacial score (nSPS) is 55.0. The van der Waals surface area contributed by atoms with Crippen LogP contribution in [0.2, 0.25) is 0 Å². The monoisotopic (exact) mass is 486 g/mol. The van der Waals surface area contributed by atoms with Crippen LogP contribution in [-0.4, -0.2) is 35.5 Å². The molecule has 0 aromatic carbocycles. The summed E-state index contributed by atoms with van der Waals surface area (Å²) in [6.45, 7) is 16.7. The third-order valence-corrected chi connectivity index (χ3v) is 13.6. The molecule has 4 heteroatoms. The molecule has 35 heavy (non-hydrogen) atoms. The van der Waals surface area contributed by atoms with Gasteiger partial charge in [0.15, 0.2) is 0 Å². The van der Waals surface area contributed by atoms with E-state index in [1.807, 2.05) is 7.11 Å². The van der Waals surface area contributed by atoms with Gasteiger partial charge in [0, 0.05) is 13.0 Å². The summed E-state index contributed by atoms with van der Waals surface area (Å²) >= 11 is 0. The summed E-state index contributed by atoms with van der Waals surface area (Å²) in [6, 6.07) is 0. The van der Waals surface area contributed by atoms with Crippen molar-refractivity contribution in [3.8, 4) is 0 Å². The number of fused-ring (bicyclic) bond motifs is 7. The molecule has 0 radical (unpaired) electrons. The number of aliphatic hydroxyl groups is 1. The summed E-state index contributed by atoms with van der Waals surface area (Å²) in [6.07, 6.45) is 9.91. The Hall–Kier alpha value is -0.870. The molecule has 4 saturated carbocycles. The SMILES string of the molecule is COC1C=C2C3C(C)C(C)CCC3(C(=O)O)CCC2(C)C2(C)CCC3C(C)(C)C(O)CCC3(C)C12. The summed E-state index contributed by atoms with van der Waals surface area (Å²) in [5.74, 6) is 1.24. The van der Waals surface area contributed by atoms with Crippen molar-refractivity contribution in [2.75, 3.05) is 7.11 Å². The molecule has 11 unspecified atom stereocenters. The van der Waals surface area contributed by atoms with Crippen molar-refractivity contribution in [3.63, 3.8) is 0 Å². The van der Waals surface area contributed by atoms with Gasteiger partial charge in [-0.15, -0.1) is 0 Å². The Morgan fingerprint density at radius 1 is 0.971 bits per heavy atom. The highest BCUT2D eigenvalue weighted by Crippen LogP contribution is 2.76. The van der Waals surface area contributed by atoms with E-state index in [0.29, 0.717) is 23.7 Å². The zero-order chi connectivity index (χ0) is 25.8. The van der Waals surface area contributed by atoms with E-state index in [9.17, 15) is 15.0 Å². The van der Waals surface area contributed by atoms with Crippen LogP contribution < -0.4 is 0 Å². The van der Waals surface area contributed by atoms with Crippen molar-refractivity contribution < 1.29 is 19.7 Å². The van der Waals surface area contributed by atoms with Crippen LogP contribution in [0.4, 0.5) is 0 Å². The molecule has 0 aliphatic heterocycles. The topological polar surface area (TPSA) is 66.8 Å². The molecule has 5 aliphatic carbocycles. The fourth-order valence-corrected chi connectivity index (χ4v) is 11.1. The van der Waals surface area contributed by atoms with Gasteiger partial charge in [-0.2, -0.15) is 0 Å². The first-order chi connectivity index (χ1) is 16.2. The first-order valence-electron chi connectivity index (χ1n) is 14.4. The molecule has 0 bridgehead atoms. The van der Waals surface area contributed by atoms with Crippen LogP contribution in [-0.2, 0) is 9.53 Å². The van der Waals surface area contributed by atoms with Gasteiger partial charge in [0.1, 0.15) is 0 Å². The summed E-state index contributed by atoms with van der Waals surface area (Å²) in [5.41, 5.74) is 0.802. The quantitative estimate of drug-likeness (QED) is 0.426. The Morgan fingerprint density at radius 2 is 1.66 bits per heavy atom. The molecule has 0 saturated heterocycles. The molecule has 5 rings (SSSR count). The molecule has 0 heterocycles. The van der Waals surface area contributed by atoms with Crippen molar-refractivity contribution in [2.24, 2.45) is 56.7 Å². The number of hydrogen-bond acceptors (Lipinski definition) is 3. The number of carboxylic acid groups (broad SMARTS) is 1. The first kappa shape index (κ1) is 25.8. The molecule has 0 amide bonds. The number of carbonyl (C=O) groups is 1. The lowest BCUT2D eigenvalue weighted by atomic mass is 9.33. The number of rotatable bonds is 2. The second kappa shape index (κ2) is 7.82. The van der Waals surface area contributed by atoms with Gasteiger partial charge in [-0.1, -0.05) is 60.1 Å². The average Bonchev–Trinajstić information content (AvgIpc) is 2.79. The molecule has 2 N–H and O–H groups in total. The smallest absolute Gasteiger partial charge is 0.310 e. The maximum Gasteiger partial charge on any atom is 0.310 e. The largest absolute Gasteiger partial charge is 0.481 e. The van der Waals surface area contributed by atoms with Gasteiger partial charge in [0.2, 0.25) is 0 Å². The van der Waals surface area contributed by atoms with Crippen LogP contribution >= 0.6 is 0 Å². The number of aliphatic hydroxyl groups excluding tert-OH is 1. The van der Waals surface area contributed by atoms with Gasteiger partial charge < -0.3 is 14.9 Å². The van der Waals surface area contributed by atoms with Gasteiger partial charge in [-0.05, 0) is 96.7 Å². The Morgan fingerprint density at radius 3 is 2.29 bits per heavy atom. The Kier molecular flexibility index (Phi) is 5.76. The zero-order valence-corrected chi connectivity index (χ0v) is 23.5. The van der Waals surface area contributed by atoms with Crippen LogP contribution in [0, 0.1) is 56.7 Å². The van der Waals surface area contributed by atoms with Gasteiger partial charge >= 0.3 is 5.97 Å². The van der Waals surface area contributed by atoms with Crippen LogP contribution in [0.3, 0.4) is 0 Å². The highest BCUT2D eigenvalue weighted by atomic mass is 16.5. The fraction of sp³-hybridized carbons (Fsp3) is 0.903. The summed E-state index contributed by atoms with van der Waals surface area (Å²) in [7, 11) is 1.86. The van der Waals surface area contributed by atoms with Crippen LogP contribution in [0.5, 0.6) is 0 Å². The number of allylic oxidation sites excluding steroid dienone is 1. The summed E-state index contributed by atoms with van der Waals surface area (Å²) in [4.78, 5) is 12.9. The summed E-state index contributed by atoms with van der Waals surface area (Å²) < 4.78 is 6.38. The molecule has 11 atom stereocenters. The van der Waals surface area contributed by atoms with Crippen molar-refractivity contribution in [1.29, 1.82) is 0 Å². The molecule has 198 valence electrons. The maximum absolute atomic E-state index is 12.9. The fourth-order valence-electron chi connectivity index (χ4n) is 11.1. The van der Waals surface area contributed by atoms with E-state index in [1.165, 1.54) is 5.57 Å². The van der Waals surface area contributed by atoms with Gasteiger partial charge in [0.25, 0.3) is 0 Å². The van der Waals surface area contributed by atoms with E-state index >= 15 is 0 Å².